The van der Waals surface area contributed by atoms with Crippen LogP contribution in [0.25, 0.3) is 0 Å². The van der Waals surface area contributed by atoms with E-state index in [9.17, 15) is 0 Å². The normalized spacial score (nSPS) is 36.2. The van der Waals surface area contributed by atoms with Crippen LogP contribution in [-0.2, 0) is 12.0 Å². The molecule has 1 heterocycles. The van der Waals surface area contributed by atoms with Crippen LogP contribution in [0.5, 0.6) is 0 Å². The number of aromatic nitrogens is 3. The van der Waals surface area contributed by atoms with Gasteiger partial charge in [0.05, 0.1) is 0 Å². The van der Waals surface area contributed by atoms with E-state index in [1.54, 1.807) is 0 Å². The van der Waals surface area contributed by atoms with Crippen molar-refractivity contribution in [2.75, 3.05) is 6.61 Å². The second-order valence-corrected chi connectivity index (χ2v) is 8.36. The minimum Gasteiger partial charge on any atom is -0.396 e. The number of aliphatic hydroxyl groups is 1. The highest BCUT2D eigenvalue weighted by Gasteiger charge is 2.53. The molecule has 4 aliphatic carbocycles. The van der Waals surface area contributed by atoms with Gasteiger partial charge in [-0.2, -0.15) is 0 Å². The van der Waals surface area contributed by atoms with Gasteiger partial charge in [-0.15, -0.1) is 22.8 Å². The molecule has 5 rings (SSSR count). The summed E-state index contributed by atoms with van der Waals surface area (Å²) in [7, 11) is 0. The summed E-state index contributed by atoms with van der Waals surface area (Å²) in [4.78, 5) is 0. The molecule has 4 nitrogen and oxygen atoms in total. The van der Waals surface area contributed by atoms with Crippen molar-refractivity contribution >= 4 is 12.6 Å². The molecular weight excluding hydrogens is 294 g/mol. The minimum absolute atomic E-state index is 0.289. The van der Waals surface area contributed by atoms with Crippen LogP contribution in [0.4, 0.5) is 0 Å². The van der Waals surface area contributed by atoms with Gasteiger partial charge in [0.1, 0.15) is 5.82 Å². The van der Waals surface area contributed by atoms with Crippen molar-refractivity contribution in [2.24, 2.45) is 17.8 Å². The van der Waals surface area contributed by atoms with Gasteiger partial charge in [0.2, 0.25) is 0 Å². The van der Waals surface area contributed by atoms with E-state index in [2.05, 4.69) is 27.4 Å². The Kier molecular flexibility index (Phi) is 3.97. The zero-order valence-corrected chi connectivity index (χ0v) is 14.1. The Hall–Kier alpha value is -0.550. The van der Waals surface area contributed by atoms with E-state index in [0.29, 0.717) is 5.41 Å². The first kappa shape index (κ1) is 15.0. The van der Waals surface area contributed by atoms with E-state index in [0.717, 1.165) is 48.7 Å². The average molecular weight is 321 g/mol. The van der Waals surface area contributed by atoms with Crippen molar-refractivity contribution in [1.29, 1.82) is 0 Å². The van der Waals surface area contributed by atoms with Crippen LogP contribution >= 0.6 is 12.6 Å². The van der Waals surface area contributed by atoms with Gasteiger partial charge in [0, 0.05) is 18.6 Å². The standard InChI is InChI=1S/C17H27N3OS/c21-5-3-1-2-4-20-15(18-19-16(20)22)17-9-12-6-13(10-17)8-14(7-12)11-17/h12-14,21H,1-11H2,(H,19,22). The van der Waals surface area contributed by atoms with Crippen molar-refractivity contribution in [2.45, 2.75) is 74.9 Å². The third-order valence-corrected chi connectivity index (χ3v) is 6.61. The lowest BCUT2D eigenvalue weighted by Gasteiger charge is -2.56. The largest absolute Gasteiger partial charge is 0.396 e. The van der Waals surface area contributed by atoms with Crippen molar-refractivity contribution < 1.29 is 5.11 Å². The summed E-state index contributed by atoms with van der Waals surface area (Å²) >= 11 is 4.55. The van der Waals surface area contributed by atoms with E-state index >= 15 is 0 Å². The second-order valence-electron chi connectivity index (χ2n) is 7.96. The van der Waals surface area contributed by atoms with Crippen molar-refractivity contribution in [3.05, 3.63) is 5.82 Å². The fourth-order valence-electron chi connectivity index (χ4n) is 5.84. The van der Waals surface area contributed by atoms with E-state index in [1.165, 1.54) is 44.3 Å². The molecule has 0 aliphatic heterocycles. The zero-order valence-electron chi connectivity index (χ0n) is 13.2. The number of hydrogen-bond acceptors (Lipinski definition) is 4. The predicted molar refractivity (Wildman–Crippen MR) is 88.1 cm³/mol. The van der Waals surface area contributed by atoms with Crippen molar-refractivity contribution in [3.63, 3.8) is 0 Å². The summed E-state index contributed by atoms with van der Waals surface area (Å²) in [5, 5.41) is 18.6. The molecule has 22 heavy (non-hydrogen) atoms. The SMILES string of the molecule is OCCCCCn1c(S)nnc1C12CC3CC(CC(C3)C1)C2. The predicted octanol–water partition coefficient (Wildman–Crippen LogP) is 3.20. The Morgan fingerprint density at radius 1 is 1.00 bits per heavy atom. The molecule has 4 aliphatic rings. The molecule has 0 unspecified atom stereocenters. The molecule has 4 saturated carbocycles. The lowest BCUT2D eigenvalue weighted by molar-refractivity contribution is -0.0114. The van der Waals surface area contributed by atoms with Gasteiger partial charge in [-0.3, -0.25) is 0 Å². The maximum absolute atomic E-state index is 8.94. The number of unbranched alkanes of at least 4 members (excludes halogenated alkanes) is 2. The highest BCUT2D eigenvalue weighted by atomic mass is 32.1. The maximum atomic E-state index is 8.94. The highest BCUT2D eigenvalue weighted by Crippen LogP contribution is 2.60. The molecule has 0 atom stereocenters. The third-order valence-electron chi connectivity index (χ3n) is 6.28. The van der Waals surface area contributed by atoms with E-state index in [1.807, 2.05) is 0 Å². The molecule has 0 aromatic carbocycles. The molecule has 0 saturated heterocycles. The number of hydrogen-bond donors (Lipinski definition) is 2. The highest BCUT2D eigenvalue weighted by molar-refractivity contribution is 7.80. The van der Waals surface area contributed by atoms with Crippen LogP contribution in [-0.4, -0.2) is 26.5 Å². The molecular formula is C17H27N3OS. The smallest absolute Gasteiger partial charge is 0.188 e. The Balaban J connectivity index is 1.57. The molecule has 0 radical (unpaired) electrons. The number of thiol groups is 1. The first-order valence-electron chi connectivity index (χ1n) is 8.94. The Morgan fingerprint density at radius 3 is 2.23 bits per heavy atom. The van der Waals surface area contributed by atoms with Crippen molar-refractivity contribution in [3.8, 4) is 0 Å². The average Bonchev–Trinajstić information content (AvgIpc) is 2.84. The molecule has 0 spiro atoms. The van der Waals surface area contributed by atoms with Crippen LogP contribution in [0.1, 0.15) is 63.6 Å². The summed E-state index contributed by atoms with van der Waals surface area (Å²) in [5.41, 5.74) is 0.291. The van der Waals surface area contributed by atoms with Gasteiger partial charge in [-0.1, -0.05) is 0 Å². The van der Waals surface area contributed by atoms with Gasteiger partial charge in [-0.25, -0.2) is 0 Å². The lowest BCUT2D eigenvalue weighted by atomic mass is 9.49. The molecule has 122 valence electrons. The molecule has 4 bridgehead atoms. The van der Waals surface area contributed by atoms with E-state index < -0.39 is 0 Å². The van der Waals surface area contributed by atoms with E-state index in [-0.39, 0.29) is 6.61 Å². The molecule has 1 aromatic heterocycles. The summed E-state index contributed by atoms with van der Waals surface area (Å²) in [6.07, 6.45) is 11.3. The summed E-state index contributed by atoms with van der Waals surface area (Å²) in [5.74, 6) is 4.00. The molecule has 5 heteroatoms. The van der Waals surface area contributed by atoms with E-state index in [4.69, 9.17) is 5.11 Å². The number of aliphatic hydroxyl groups excluding tert-OH is 1. The first-order chi connectivity index (χ1) is 10.7. The van der Waals surface area contributed by atoms with Crippen LogP contribution < -0.4 is 0 Å². The second kappa shape index (κ2) is 5.82. The van der Waals surface area contributed by atoms with Crippen LogP contribution in [0, 0.1) is 17.8 Å². The van der Waals surface area contributed by atoms with Gasteiger partial charge in [-0.05, 0) is 75.5 Å². The minimum atomic E-state index is 0.289. The number of rotatable bonds is 6. The topological polar surface area (TPSA) is 50.9 Å². The summed E-state index contributed by atoms with van der Waals surface area (Å²) in [6.45, 7) is 1.24. The van der Waals surface area contributed by atoms with Crippen LogP contribution in [0.15, 0.2) is 5.16 Å². The fourth-order valence-corrected chi connectivity index (χ4v) is 6.08. The Labute approximate surface area is 138 Å². The maximum Gasteiger partial charge on any atom is 0.188 e. The van der Waals surface area contributed by atoms with Gasteiger partial charge < -0.3 is 9.67 Å². The molecule has 1 aromatic rings. The third kappa shape index (κ3) is 2.50. The monoisotopic (exact) mass is 321 g/mol. The van der Waals surface area contributed by atoms with Gasteiger partial charge in [0.25, 0.3) is 0 Å². The fraction of sp³-hybridized carbons (Fsp3) is 0.882. The van der Waals surface area contributed by atoms with Gasteiger partial charge >= 0.3 is 0 Å². The summed E-state index contributed by atoms with van der Waals surface area (Å²) < 4.78 is 2.27. The molecule has 1 N–H and O–H groups in total. The first-order valence-corrected chi connectivity index (χ1v) is 9.38. The quantitative estimate of drug-likeness (QED) is 0.625. The Bertz CT molecular complexity index is 507. The number of nitrogens with zero attached hydrogens (tertiary/aromatic N) is 3. The van der Waals surface area contributed by atoms with Gasteiger partial charge in [0.15, 0.2) is 5.16 Å². The van der Waals surface area contributed by atoms with Crippen LogP contribution in [0.3, 0.4) is 0 Å². The zero-order chi connectivity index (χ0) is 15.2. The molecule has 4 fully saturated rings. The summed E-state index contributed by atoms with van der Waals surface area (Å²) in [6, 6.07) is 0. The van der Waals surface area contributed by atoms with Crippen LogP contribution in [0.2, 0.25) is 0 Å². The molecule has 0 amide bonds. The Morgan fingerprint density at radius 2 is 1.64 bits per heavy atom. The lowest BCUT2D eigenvalue weighted by Crippen LogP contribution is -2.49. The van der Waals surface area contributed by atoms with Crippen molar-refractivity contribution in [1.82, 2.24) is 14.8 Å².